The number of para-hydroxylation sites is 1. The van der Waals surface area contributed by atoms with Gasteiger partial charge < -0.3 is 15.4 Å². The van der Waals surface area contributed by atoms with Gasteiger partial charge in [0, 0.05) is 19.8 Å². The van der Waals surface area contributed by atoms with Crippen LogP contribution >= 0.6 is 0 Å². The third-order valence-corrected chi connectivity index (χ3v) is 5.84. The number of anilines is 2. The maximum atomic E-state index is 12.3. The van der Waals surface area contributed by atoms with Crippen molar-refractivity contribution in [2.45, 2.75) is 11.8 Å². The van der Waals surface area contributed by atoms with Crippen LogP contribution in [0.1, 0.15) is 15.9 Å². The molecule has 0 radical (unpaired) electrons. The van der Waals surface area contributed by atoms with E-state index in [0.717, 1.165) is 9.87 Å². The number of aryl methyl sites for hydroxylation is 1. The number of carbonyl (C=O) groups excluding carboxylic acids is 2. The molecule has 0 fully saturated rings. The Hall–Kier alpha value is -2.91. The second-order valence-corrected chi connectivity index (χ2v) is 8.35. The molecule has 0 aliphatic heterocycles. The minimum absolute atomic E-state index is 0.109. The van der Waals surface area contributed by atoms with E-state index < -0.39 is 21.9 Å². The number of esters is 1. The Bertz CT molecular complexity index is 987. The highest BCUT2D eigenvalue weighted by molar-refractivity contribution is 7.89. The molecule has 2 aromatic rings. The summed E-state index contributed by atoms with van der Waals surface area (Å²) in [4.78, 5) is 24.2. The van der Waals surface area contributed by atoms with Gasteiger partial charge in [-0.1, -0.05) is 18.2 Å². The van der Waals surface area contributed by atoms with E-state index in [1.165, 1.54) is 33.3 Å². The zero-order valence-corrected chi connectivity index (χ0v) is 17.0. The van der Waals surface area contributed by atoms with Crippen LogP contribution in [0.2, 0.25) is 0 Å². The van der Waals surface area contributed by atoms with Gasteiger partial charge in [-0.05, 0) is 36.8 Å². The number of hydrogen-bond acceptors (Lipinski definition) is 6. The second kappa shape index (κ2) is 8.85. The molecule has 0 spiro atoms. The van der Waals surface area contributed by atoms with Crippen LogP contribution in [-0.4, -0.2) is 52.3 Å². The first kappa shape index (κ1) is 21.4. The number of benzene rings is 2. The molecule has 0 saturated carbocycles. The van der Waals surface area contributed by atoms with Crippen molar-refractivity contribution in [3.8, 4) is 0 Å². The Labute approximate surface area is 164 Å². The zero-order valence-electron chi connectivity index (χ0n) is 16.1. The average molecular weight is 405 g/mol. The van der Waals surface area contributed by atoms with Crippen molar-refractivity contribution in [3.05, 3.63) is 53.6 Å². The first-order valence-corrected chi connectivity index (χ1v) is 9.85. The molecule has 0 heterocycles. The van der Waals surface area contributed by atoms with Gasteiger partial charge in [0.2, 0.25) is 15.9 Å². The van der Waals surface area contributed by atoms with E-state index >= 15 is 0 Å². The fourth-order valence-electron chi connectivity index (χ4n) is 2.41. The van der Waals surface area contributed by atoms with Crippen LogP contribution in [0.5, 0.6) is 0 Å². The summed E-state index contributed by atoms with van der Waals surface area (Å²) in [7, 11) is 0.590. The lowest BCUT2D eigenvalue weighted by molar-refractivity contribution is -0.114. The third kappa shape index (κ3) is 4.87. The van der Waals surface area contributed by atoms with Crippen molar-refractivity contribution in [2.24, 2.45) is 0 Å². The summed E-state index contributed by atoms with van der Waals surface area (Å²) in [5.74, 6) is -0.946. The van der Waals surface area contributed by atoms with E-state index in [4.69, 9.17) is 4.74 Å². The number of amides is 1. The van der Waals surface area contributed by atoms with Gasteiger partial charge in [0.05, 0.1) is 29.8 Å². The summed E-state index contributed by atoms with van der Waals surface area (Å²) in [5.41, 5.74) is 1.90. The largest absolute Gasteiger partial charge is 0.465 e. The van der Waals surface area contributed by atoms with Gasteiger partial charge >= 0.3 is 5.97 Å². The van der Waals surface area contributed by atoms with Crippen molar-refractivity contribution in [3.63, 3.8) is 0 Å². The van der Waals surface area contributed by atoms with Crippen LogP contribution in [0.15, 0.2) is 47.4 Å². The minimum Gasteiger partial charge on any atom is -0.465 e. The summed E-state index contributed by atoms with van der Waals surface area (Å²) < 4.78 is 30.4. The predicted molar refractivity (Wildman–Crippen MR) is 107 cm³/mol. The smallest absolute Gasteiger partial charge is 0.339 e. The van der Waals surface area contributed by atoms with Gasteiger partial charge in [-0.2, -0.15) is 0 Å². The van der Waals surface area contributed by atoms with Crippen molar-refractivity contribution < 1.29 is 22.7 Å². The highest BCUT2D eigenvalue weighted by Crippen LogP contribution is 2.22. The maximum Gasteiger partial charge on any atom is 0.339 e. The van der Waals surface area contributed by atoms with E-state index in [1.807, 2.05) is 0 Å². The fourth-order valence-corrected chi connectivity index (χ4v) is 3.34. The van der Waals surface area contributed by atoms with Crippen molar-refractivity contribution in [2.75, 3.05) is 38.4 Å². The van der Waals surface area contributed by atoms with E-state index in [0.29, 0.717) is 11.4 Å². The first-order valence-electron chi connectivity index (χ1n) is 8.41. The average Bonchev–Trinajstić information content (AvgIpc) is 2.66. The monoisotopic (exact) mass is 405 g/mol. The van der Waals surface area contributed by atoms with E-state index in [1.54, 1.807) is 37.3 Å². The molecule has 0 bridgehead atoms. The molecule has 0 aliphatic carbocycles. The van der Waals surface area contributed by atoms with Crippen LogP contribution in [0.4, 0.5) is 11.4 Å². The van der Waals surface area contributed by atoms with Gasteiger partial charge in [-0.3, -0.25) is 4.79 Å². The Kier molecular flexibility index (Phi) is 6.76. The number of methoxy groups -OCH3 is 1. The number of nitrogens with one attached hydrogen (secondary N) is 2. The normalized spacial score (nSPS) is 11.2. The molecule has 2 N–H and O–H groups in total. The number of carbonyl (C=O) groups is 2. The predicted octanol–water partition coefficient (Wildman–Crippen LogP) is 2.08. The van der Waals surface area contributed by atoms with Crippen molar-refractivity contribution >= 4 is 33.3 Å². The number of rotatable bonds is 7. The molecule has 9 heteroatoms. The second-order valence-electron chi connectivity index (χ2n) is 6.20. The Morgan fingerprint density at radius 3 is 2.39 bits per heavy atom. The van der Waals surface area contributed by atoms with Crippen LogP contribution in [-0.2, 0) is 19.6 Å². The van der Waals surface area contributed by atoms with E-state index in [9.17, 15) is 18.0 Å². The van der Waals surface area contributed by atoms with Crippen LogP contribution in [0.3, 0.4) is 0 Å². The Morgan fingerprint density at radius 1 is 1.07 bits per heavy atom. The van der Waals surface area contributed by atoms with E-state index in [-0.39, 0.29) is 17.0 Å². The van der Waals surface area contributed by atoms with Gasteiger partial charge in [-0.15, -0.1) is 0 Å². The van der Waals surface area contributed by atoms with Gasteiger partial charge in [0.15, 0.2) is 0 Å². The summed E-state index contributed by atoms with van der Waals surface area (Å²) in [5, 5.41) is 5.59. The van der Waals surface area contributed by atoms with Crippen LogP contribution < -0.4 is 10.6 Å². The topological polar surface area (TPSA) is 105 Å². The molecule has 0 saturated heterocycles. The van der Waals surface area contributed by atoms with E-state index in [2.05, 4.69) is 10.6 Å². The quantitative estimate of drug-likeness (QED) is 0.684. The number of nitrogens with zero attached hydrogens (tertiary/aromatic N) is 1. The highest BCUT2D eigenvalue weighted by atomic mass is 32.2. The molecule has 0 unspecified atom stereocenters. The zero-order chi connectivity index (χ0) is 20.9. The number of ether oxygens (including phenoxy) is 1. The Balaban J connectivity index is 2.13. The molecular weight excluding hydrogens is 382 g/mol. The first-order chi connectivity index (χ1) is 13.2. The van der Waals surface area contributed by atoms with Gasteiger partial charge in [0.1, 0.15) is 0 Å². The molecule has 1 amide bonds. The maximum absolute atomic E-state index is 12.3. The number of sulfonamides is 1. The van der Waals surface area contributed by atoms with Crippen molar-refractivity contribution in [1.82, 2.24) is 4.31 Å². The molecule has 0 aliphatic rings. The van der Waals surface area contributed by atoms with Crippen molar-refractivity contribution in [1.29, 1.82) is 0 Å². The molecular formula is C19H23N3O5S. The lowest BCUT2D eigenvalue weighted by atomic mass is 10.1. The minimum atomic E-state index is -3.58. The van der Waals surface area contributed by atoms with Crippen LogP contribution in [0, 0.1) is 6.92 Å². The summed E-state index contributed by atoms with van der Waals surface area (Å²) in [6, 6.07) is 11.2. The SMILES string of the molecule is COC(=O)c1ccccc1NC(=O)CNc1cc(S(=O)(=O)N(C)C)ccc1C. The highest BCUT2D eigenvalue weighted by Gasteiger charge is 2.18. The molecule has 0 atom stereocenters. The van der Waals surface area contributed by atoms with Gasteiger partial charge in [-0.25, -0.2) is 17.5 Å². The van der Waals surface area contributed by atoms with Crippen LogP contribution in [0.25, 0.3) is 0 Å². The Morgan fingerprint density at radius 2 is 1.75 bits per heavy atom. The number of hydrogen-bond donors (Lipinski definition) is 2. The molecule has 150 valence electrons. The third-order valence-electron chi connectivity index (χ3n) is 4.03. The lowest BCUT2D eigenvalue weighted by Crippen LogP contribution is -2.24. The summed E-state index contributed by atoms with van der Waals surface area (Å²) >= 11 is 0. The summed E-state index contributed by atoms with van der Waals surface area (Å²) in [6.07, 6.45) is 0. The molecule has 8 nitrogen and oxygen atoms in total. The lowest BCUT2D eigenvalue weighted by Gasteiger charge is -2.15. The molecule has 2 rings (SSSR count). The standard InChI is InChI=1S/C19H23N3O5S/c1-13-9-10-14(28(25,26)22(2)3)11-17(13)20-12-18(23)21-16-8-6-5-7-15(16)19(24)27-4/h5-11,20H,12H2,1-4H3,(H,21,23). The molecule has 0 aromatic heterocycles. The fraction of sp³-hybridized carbons (Fsp3) is 0.263. The van der Waals surface area contributed by atoms with Gasteiger partial charge in [0.25, 0.3) is 0 Å². The summed E-state index contributed by atoms with van der Waals surface area (Å²) in [6.45, 7) is 1.70. The molecule has 2 aromatic carbocycles. The molecule has 28 heavy (non-hydrogen) atoms.